The van der Waals surface area contributed by atoms with Gasteiger partial charge < -0.3 is 15.7 Å². The summed E-state index contributed by atoms with van der Waals surface area (Å²) in [5, 5.41) is 28.7. The number of nitrogens with one attached hydrogen (secondary N) is 3. The molecule has 5 nitrogen and oxygen atoms in total. The minimum absolute atomic E-state index is 0.0390. The summed E-state index contributed by atoms with van der Waals surface area (Å²) in [5.41, 5.74) is 1.07. The summed E-state index contributed by atoms with van der Waals surface area (Å²) >= 11 is 2.71. The van der Waals surface area contributed by atoms with Gasteiger partial charge in [0.25, 0.3) is 5.91 Å². The molecule has 28 heavy (non-hydrogen) atoms. The summed E-state index contributed by atoms with van der Waals surface area (Å²) in [6, 6.07) is 3.53. The van der Waals surface area contributed by atoms with Crippen LogP contribution in [0, 0.1) is 11.3 Å². The van der Waals surface area contributed by atoms with Gasteiger partial charge in [-0.1, -0.05) is 50.9 Å². The predicted molar refractivity (Wildman–Crippen MR) is 119 cm³/mol. The van der Waals surface area contributed by atoms with Crippen LogP contribution >= 0.6 is 23.1 Å². The SMILES string of the molecule is C=CC1=C(C=C)SC=C(/C(C(=O)NCCC(C)C)=C(\O)C(=N)c2cccs2)N1. The van der Waals surface area contributed by atoms with E-state index in [9.17, 15) is 9.90 Å². The Balaban J connectivity index is 2.39. The molecule has 0 bridgehead atoms. The highest BCUT2D eigenvalue weighted by molar-refractivity contribution is 8.06. The molecule has 1 amide bonds. The smallest absolute Gasteiger partial charge is 0.257 e. The van der Waals surface area contributed by atoms with E-state index in [4.69, 9.17) is 5.41 Å². The van der Waals surface area contributed by atoms with E-state index < -0.39 is 5.91 Å². The topological polar surface area (TPSA) is 85.2 Å². The molecule has 0 saturated carbocycles. The van der Waals surface area contributed by atoms with E-state index in [-0.39, 0.29) is 17.0 Å². The van der Waals surface area contributed by atoms with Crippen LogP contribution in [0.15, 0.2) is 75.9 Å². The average molecular weight is 416 g/mol. The van der Waals surface area contributed by atoms with Crippen LogP contribution in [0.4, 0.5) is 0 Å². The Kier molecular flexibility index (Phi) is 7.90. The maximum atomic E-state index is 12.9. The van der Waals surface area contributed by atoms with E-state index in [1.54, 1.807) is 29.7 Å². The lowest BCUT2D eigenvalue weighted by Crippen LogP contribution is -2.32. The van der Waals surface area contributed by atoms with Gasteiger partial charge in [-0.2, -0.15) is 0 Å². The second-order valence-corrected chi connectivity index (χ2v) is 8.33. The molecular weight excluding hydrogens is 390 g/mol. The van der Waals surface area contributed by atoms with Crippen LogP contribution in [-0.2, 0) is 4.79 Å². The van der Waals surface area contributed by atoms with Crippen molar-refractivity contribution in [3.63, 3.8) is 0 Å². The minimum atomic E-state index is -0.427. The third kappa shape index (κ3) is 5.27. The number of thiophene rings is 1. The van der Waals surface area contributed by atoms with Crippen molar-refractivity contribution in [3.8, 4) is 0 Å². The van der Waals surface area contributed by atoms with Crippen molar-refractivity contribution in [2.24, 2.45) is 5.92 Å². The Hall–Kier alpha value is -2.51. The summed E-state index contributed by atoms with van der Waals surface area (Å²) < 4.78 is 0. The van der Waals surface area contributed by atoms with Gasteiger partial charge >= 0.3 is 0 Å². The van der Waals surface area contributed by atoms with Crippen molar-refractivity contribution in [2.75, 3.05) is 6.54 Å². The van der Waals surface area contributed by atoms with E-state index >= 15 is 0 Å². The van der Waals surface area contributed by atoms with Gasteiger partial charge in [-0.3, -0.25) is 10.2 Å². The van der Waals surface area contributed by atoms with E-state index in [1.165, 1.54) is 23.1 Å². The highest BCUT2D eigenvalue weighted by Gasteiger charge is 2.26. The van der Waals surface area contributed by atoms with E-state index in [2.05, 4.69) is 37.6 Å². The van der Waals surface area contributed by atoms with Crippen molar-refractivity contribution in [1.29, 1.82) is 5.41 Å². The van der Waals surface area contributed by atoms with Crippen molar-refractivity contribution in [1.82, 2.24) is 10.6 Å². The first-order chi connectivity index (χ1) is 13.4. The highest BCUT2D eigenvalue weighted by atomic mass is 32.2. The maximum Gasteiger partial charge on any atom is 0.257 e. The molecular formula is C21H25N3O2S2. The lowest BCUT2D eigenvalue weighted by molar-refractivity contribution is -0.117. The molecule has 0 spiro atoms. The van der Waals surface area contributed by atoms with Gasteiger partial charge in [0.15, 0.2) is 5.76 Å². The molecule has 7 heteroatoms. The van der Waals surface area contributed by atoms with Gasteiger partial charge in [0, 0.05) is 16.9 Å². The van der Waals surface area contributed by atoms with Gasteiger partial charge in [-0.25, -0.2) is 0 Å². The van der Waals surface area contributed by atoms with Gasteiger partial charge in [0.2, 0.25) is 0 Å². The van der Waals surface area contributed by atoms with Crippen molar-refractivity contribution >= 4 is 34.7 Å². The zero-order valence-corrected chi connectivity index (χ0v) is 17.7. The number of hydrogen-bond acceptors (Lipinski definition) is 6. The molecule has 2 heterocycles. The monoisotopic (exact) mass is 415 g/mol. The van der Waals surface area contributed by atoms with Crippen LogP contribution < -0.4 is 10.6 Å². The van der Waals surface area contributed by atoms with Crippen LogP contribution in [0.5, 0.6) is 0 Å². The number of allylic oxidation sites excluding steroid dienone is 3. The molecule has 0 unspecified atom stereocenters. The Morgan fingerprint density at radius 2 is 2.14 bits per heavy atom. The zero-order valence-electron chi connectivity index (χ0n) is 16.0. The number of carbonyl (C=O) groups is 1. The molecule has 148 valence electrons. The number of hydrogen-bond donors (Lipinski definition) is 4. The van der Waals surface area contributed by atoms with Crippen LogP contribution in [0.3, 0.4) is 0 Å². The fourth-order valence-electron chi connectivity index (χ4n) is 2.44. The first kappa shape index (κ1) is 21.8. The Morgan fingerprint density at radius 3 is 2.71 bits per heavy atom. The van der Waals surface area contributed by atoms with Gasteiger partial charge in [-0.15, -0.1) is 11.3 Å². The van der Waals surface area contributed by atoms with Crippen LogP contribution in [0.1, 0.15) is 25.1 Å². The Bertz CT molecular complexity index is 862. The van der Waals surface area contributed by atoms with Gasteiger partial charge in [0.05, 0.1) is 16.3 Å². The normalized spacial score (nSPS) is 14.8. The largest absolute Gasteiger partial charge is 0.505 e. The third-order valence-electron chi connectivity index (χ3n) is 3.97. The maximum absolute atomic E-state index is 12.9. The van der Waals surface area contributed by atoms with E-state index in [0.717, 1.165) is 11.3 Å². The Labute approximate surface area is 174 Å². The molecule has 0 aromatic carbocycles. The second-order valence-electron chi connectivity index (χ2n) is 6.47. The molecule has 1 aliphatic heterocycles. The lowest BCUT2D eigenvalue weighted by Gasteiger charge is -2.22. The summed E-state index contributed by atoms with van der Waals surface area (Å²) in [6.07, 6.45) is 4.15. The van der Waals surface area contributed by atoms with Crippen LogP contribution in [0.2, 0.25) is 0 Å². The summed E-state index contributed by atoms with van der Waals surface area (Å²) in [7, 11) is 0. The number of amides is 1. The number of rotatable bonds is 9. The standard InChI is InChI=1S/C21H25N3O2S2/c1-5-14-16(6-2)28-12-15(24-14)18(21(26)23-10-9-13(3)4)20(25)19(22)17-8-7-11-27-17/h5-8,11-13,22,24-25H,1-2,9-10H2,3-4H3,(H,23,26)/b20-18+,22-19?. The quantitative estimate of drug-likeness (QED) is 0.264. The summed E-state index contributed by atoms with van der Waals surface area (Å²) in [6.45, 7) is 12.2. The van der Waals surface area contributed by atoms with Gasteiger partial charge in [0.1, 0.15) is 11.3 Å². The molecule has 2 rings (SSSR count). The lowest BCUT2D eigenvalue weighted by atomic mass is 10.1. The molecule has 0 radical (unpaired) electrons. The van der Waals surface area contributed by atoms with Crippen molar-refractivity contribution < 1.29 is 9.90 Å². The molecule has 1 aromatic heterocycles. The average Bonchev–Trinajstić information content (AvgIpc) is 3.21. The van der Waals surface area contributed by atoms with Crippen molar-refractivity contribution in [2.45, 2.75) is 20.3 Å². The minimum Gasteiger partial charge on any atom is -0.505 e. The first-order valence-electron chi connectivity index (χ1n) is 8.86. The Morgan fingerprint density at radius 1 is 1.39 bits per heavy atom. The molecule has 0 fully saturated rings. The fourth-order valence-corrected chi connectivity index (χ4v) is 3.89. The second kappa shape index (κ2) is 10.1. The number of aliphatic hydroxyl groups is 1. The first-order valence-corrected chi connectivity index (χ1v) is 10.6. The van der Waals surface area contributed by atoms with Crippen molar-refractivity contribution in [3.05, 3.63) is 80.7 Å². The third-order valence-corrected chi connectivity index (χ3v) is 5.85. The fraction of sp³-hybridized carbons (Fsp3) is 0.238. The molecule has 1 aliphatic rings. The summed E-state index contributed by atoms with van der Waals surface area (Å²) in [4.78, 5) is 14.4. The molecule has 1 aromatic rings. The number of carbonyl (C=O) groups excluding carboxylic acids is 1. The molecule has 0 atom stereocenters. The zero-order chi connectivity index (χ0) is 20.7. The van der Waals surface area contributed by atoms with E-state index in [1.807, 2.05) is 5.38 Å². The number of thioether (sulfide) groups is 1. The predicted octanol–water partition coefficient (Wildman–Crippen LogP) is 4.85. The molecule has 0 saturated heterocycles. The summed E-state index contributed by atoms with van der Waals surface area (Å²) in [5.74, 6) is -0.350. The molecule has 0 aliphatic carbocycles. The van der Waals surface area contributed by atoms with E-state index in [0.29, 0.717) is 28.7 Å². The highest BCUT2D eigenvalue weighted by Crippen LogP contribution is 2.31. The number of aliphatic hydroxyl groups excluding tert-OH is 1. The van der Waals surface area contributed by atoms with Crippen LogP contribution in [0.25, 0.3) is 0 Å². The van der Waals surface area contributed by atoms with Crippen LogP contribution in [-0.4, -0.2) is 23.3 Å². The molecule has 4 N–H and O–H groups in total. The van der Waals surface area contributed by atoms with Gasteiger partial charge in [-0.05, 0) is 29.9 Å².